The fraction of sp³-hybridized carbons (Fsp3) is 0.425. The second-order valence-corrected chi connectivity index (χ2v) is 14.5. The molecule has 2 atom stereocenters. The summed E-state index contributed by atoms with van der Waals surface area (Å²) in [4.78, 5) is 38.6. The van der Waals surface area contributed by atoms with Crippen molar-refractivity contribution < 1.29 is 46.8 Å². The van der Waals surface area contributed by atoms with Crippen LogP contribution in [0.25, 0.3) is 22.5 Å². The van der Waals surface area contributed by atoms with Gasteiger partial charge in [-0.05, 0) is 67.5 Å². The molecule has 2 fully saturated rings. The number of methoxy groups -OCH3 is 2. The molecule has 302 valence electrons. The van der Waals surface area contributed by atoms with Crippen LogP contribution in [0.4, 0.5) is 18.0 Å². The maximum absolute atomic E-state index is 14.5. The van der Waals surface area contributed by atoms with Gasteiger partial charge in [-0.1, -0.05) is 29.8 Å². The number of ether oxygens (including phenoxy) is 4. The van der Waals surface area contributed by atoms with E-state index in [1.807, 2.05) is 12.1 Å². The first-order chi connectivity index (χ1) is 27.4. The smallest absolute Gasteiger partial charge is 0.421 e. The van der Waals surface area contributed by atoms with E-state index in [0.717, 1.165) is 11.6 Å². The highest BCUT2D eigenvalue weighted by Crippen LogP contribution is 2.45. The Morgan fingerprint density at radius 1 is 1.00 bits per heavy atom. The molecule has 3 aromatic heterocycles. The van der Waals surface area contributed by atoms with E-state index in [1.54, 1.807) is 30.5 Å². The number of benzene rings is 1. The van der Waals surface area contributed by atoms with Crippen LogP contribution in [0.15, 0.2) is 48.7 Å². The molecule has 3 N–H and O–H groups in total. The molecule has 0 radical (unpaired) electrons. The summed E-state index contributed by atoms with van der Waals surface area (Å²) in [5.74, 6) is -0.384. The molecule has 13 nitrogen and oxygen atoms in total. The second-order valence-electron chi connectivity index (χ2n) is 14.1. The fourth-order valence-corrected chi connectivity index (χ4v) is 8.01. The zero-order chi connectivity index (χ0) is 40.3. The summed E-state index contributed by atoms with van der Waals surface area (Å²) < 4.78 is 66.0. The van der Waals surface area contributed by atoms with E-state index in [0.29, 0.717) is 96.9 Å². The molecule has 17 heteroatoms. The SMILES string of the molecule is COc1nc(-c2ccnc(-c3cccc4c3CC[C@@H]4Oc3nc(OC)c(CNC[C@@H]4CCC(=O)N4)cc3C(F)(F)F)c2Cl)ccc1CN(C(=O)O)C1CCOCC1. The Balaban J connectivity index is 1.13. The monoisotopic (exact) mass is 810 g/mol. The fourth-order valence-electron chi connectivity index (χ4n) is 7.70. The van der Waals surface area contributed by atoms with Crippen LogP contribution in [-0.4, -0.2) is 83.0 Å². The van der Waals surface area contributed by atoms with Crippen molar-refractivity contribution in [1.82, 2.24) is 30.5 Å². The number of fused-ring (bicyclic) bond motifs is 1. The lowest BCUT2D eigenvalue weighted by molar-refractivity contribution is -0.139. The minimum Gasteiger partial charge on any atom is -0.481 e. The molecule has 2 amide bonds. The number of carbonyl (C=O) groups is 2. The summed E-state index contributed by atoms with van der Waals surface area (Å²) >= 11 is 7.06. The van der Waals surface area contributed by atoms with Gasteiger partial charge in [-0.2, -0.15) is 18.2 Å². The van der Waals surface area contributed by atoms with Crippen LogP contribution in [0.5, 0.6) is 17.6 Å². The summed E-state index contributed by atoms with van der Waals surface area (Å²) in [6.45, 7) is 1.50. The van der Waals surface area contributed by atoms with Crippen molar-refractivity contribution in [3.8, 4) is 40.2 Å². The Morgan fingerprint density at radius 3 is 2.47 bits per heavy atom. The van der Waals surface area contributed by atoms with E-state index in [9.17, 15) is 27.9 Å². The van der Waals surface area contributed by atoms with Gasteiger partial charge in [-0.25, -0.2) is 9.78 Å². The minimum absolute atomic E-state index is 0.00228. The van der Waals surface area contributed by atoms with Crippen molar-refractivity contribution in [1.29, 1.82) is 0 Å². The first-order valence-electron chi connectivity index (χ1n) is 18.6. The number of carboxylic acid groups (broad SMARTS) is 1. The van der Waals surface area contributed by atoms with Crippen molar-refractivity contribution in [3.63, 3.8) is 0 Å². The van der Waals surface area contributed by atoms with Gasteiger partial charge in [0.15, 0.2) is 0 Å². The van der Waals surface area contributed by atoms with Crippen LogP contribution in [0.1, 0.15) is 66.0 Å². The third-order valence-electron chi connectivity index (χ3n) is 10.6. The van der Waals surface area contributed by atoms with Crippen LogP contribution >= 0.6 is 11.6 Å². The van der Waals surface area contributed by atoms with E-state index < -0.39 is 29.8 Å². The second kappa shape index (κ2) is 17.1. The van der Waals surface area contributed by atoms with Gasteiger partial charge in [0.25, 0.3) is 0 Å². The van der Waals surface area contributed by atoms with Gasteiger partial charge in [0.2, 0.25) is 23.5 Å². The molecular formula is C40H42ClF3N6O7. The first-order valence-corrected chi connectivity index (χ1v) is 19.0. The van der Waals surface area contributed by atoms with Gasteiger partial charge >= 0.3 is 12.3 Å². The number of carbonyl (C=O) groups excluding carboxylic acids is 1. The number of nitrogens with one attached hydrogen (secondary N) is 2. The van der Waals surface area contributed by atoms with E-state index in [4.69, 9.17) is 35.5 Å². The summed E-state index contributed by atoms with van der Waals surface area (Å²) in [6.07, 6.45) is -1.83. The van der Waals surface area contributed by atoms with Gasteiger partial charge in [0, 0.05) is 73.3 Å². The van der Waals surface area contributed by atoms with E-state index >= 15 is 0 Å². The Labute approximate surface area is 331 Å². The van der Waals surface area contributed by atoms with Crippen LogP contribution in [0.2, 0.25) is 5.02 Å². The zero-order valence-corrected chi connectivity index (χ0v) is 32.1. The zero-order valence-electron chi connectivity index (χ0n) is 31.3. The number of amides is 2. The van der Waals surface area contributed by atoms with Gasteiger partial charge in [-0.15, -0.1) is 0 Å². The lowest BCUT2D eigenvalue weighted by Crippen LogP contribution is -2.42. The average molecular weight is 811 g/mol. The number of rotatable bonds is 13. The number of aromatic nitrogens is 3. The Bertz CT molecular complexity index is 2130. The van der Waals surface area contributed by atoms with Crippen molar-refractivity contribution in [2.45, 2.75) is 76.0 Å². The normalized spacial score (nSPS) is 18.2. The lowest BCUT2D eigenvalue weighted by atomic mass is 9.98. The molecule has 0 bridgehead atoms. The number of hydrogen-bond donors (Lipinski definition) is 3. The molecule has 3 aliphatic rings. The molecule has 2 saturated heterocycles. The van der Waals surface area contributed by atoms with E-state index in [2.05, 4.69) is 20.6 Å². The topological polar surface area (TPSA) is 157 Å². The summed E-state index contributed by atoms with van der Waals surface area (Å²) in [7, 11) is 2.81. The minimum atomic E-state index is -4.76. The molecule has 0 saturated carbocycles. The summed E-state index contributed by atoms with van der Waals surface area (Å²) in [5.41, 5.74) is 3.48. The van der Waals surface area contributed by atoms with E-state index in [-0.39, 0.29) is 48.4 Å². The number of nitrogens with zero attached hydrogens (tertiary/aromatic N) is 4. The van der Waals surface area contributed by atoms with Gasteiger partial charge in [-0.3, -0.25) is 9.78 Å². The van der Waals surface area contributed by atoms with Crippen LogP contribution in [0, 0.1) is 0 Å². The molecule has 2 aliphatic heterocycles. The highest BCUT2D eigenvalue weighted by atomic mass is 35.5. The van der Waals surface area contributed by atoms with Gasteiger partial charge in [0.05, 0.1) is 37.2 Å². The van der Waals surface area contributed by atoms with Gasteiger partial charge in [0.1, 0.15) is 11.7 Å². The third-order valence-corrected chi connectivity index (χ3v) is 10.9. The number of alkyl halides is 3. The summed E-state index contributed by atoms with van der Waals surface area (Å²) in [5, 5.41) is 16.2. The molecule has 1 aromatic carbocycles. The van der Waals surface area contributed by atoms with Crippen LogP contribution in [0.3, 0.4) is 0 Å². The maximum Gasteiger partial charge on any atom is 0.421 e. The Hall–Kier alpha value is -5.19. The van der Waals surface area contributed by atoms with Crippen molar-refractivity contribution in [2.24, 2.45) is 0 Å². The predicted molar refractivity (Wildman–Crippen MR) is 202 cm³/mol. The third kappa shape index (κ3) is 8.72. The predicted octanol–water partition coefficient (Wildman–Crippen LogP) is 6.99. The number of halogens is 4. The first kappa shape index (κ1) is 40.0. The average Bonchev–Trinajstić information content (AvgIpc) is 3.82. The highest BCUT2D eigenvalue weighted by molar-refractivity contribution is 6.35. The quantitative estimate of drug-likeness (QED) is 0.128. The molecule has 0 spiro atoms. The van der Waals surface area contributed by atoms with Crippen LogP contribution < -0.4 is 24.8 Å². The van der Waals surface area contributed by atoms with Crippen molar-refractivity contribution in [3.05, 3.63) is 81.5 Å². The molecule has 57 heavy (non-hydrogen) atoms. The maximum atomic E-state index is 14.5. The highest BCUT2D eigenvalue weighted by Gasteiger charge is 2.39. The molecule has 1 aliphatic carbocycles. The molecule has 7 rings (SSSR count). The van der Waals surface area contributed by atoms with E-state index in [1.165, 1.54) is 19.1 Å². The van der Waals surface area contributed by atoms with Crippen LogP contribution in [-0.2, 0) is 35.2 Å². The largest absolute Gasteiger partial charge is 0.481 e. The molecular weight excluding hydrogens is 769 g/mol. The van der Waals surface area contributed by atoms with Crippen molar-refractivity contribution >= 4 is 23.6 Å². The van der Waals surface area contributed by atoms with Crippen molar-refractivity contribution in [2.75, 3.05) is 34.0 Å². The molecule has 4 aromatic rings. The standard InChI is InChI=1S/C40H42ClF3N6O7/c1-54-36-22(21-50(39(52)53)25-13-16-56-17-14-25)6-9-31(48-36)29-12-15-46-35(34(29)41)28-5-3-4-27-26(28)8-10-32(27)57-38-30(40(42,43)44)18-23(37(49-38)55-2)19-45-20-24-7-11-33(51)47-24/h3-6,9,12,15,18,24-25,32,45H,7-8,10-11,13-14,16-17,19-21H2,1-2H3,(H,47,51)(H,52,53)/t24-,32-/m0/s1. The Morgan fingerprint density at radius 2 is 1.77 bits per heavy atom. The molecule has 5 heterocycles. The lowest BCUT2D eigenvalue weighted by Gasteiger charge is -2.32. The Kier molecular flexibility index (Phi) is 12.0. The summed E-state index contributed by atoms with van der Waals surface area (Å²) in [6, 6.07) is 11.4. The number of pyridine rings is 3. The molecule has 0 unspecified atom stereocenters. The van der Waals surface area contributed by atoms with Gasteiger partial charge < -0.3 is 39.6 Å². The number of hydrogen-bond acceptors (Lipinski definition) is 10.